The maximum Gasteiger partial charge on any atom is 0.114 e. The maximum absolute atomic E-state index is 9.85. The minimum Gasteiger partial charge on any atom is -0.384 e. The summed E-state index contributed by atoms with van der Waals surface area (Å²) in [7, 11) is 0. The van der Waals surface area contributed by atoms with Gasteiger partial charge in [-0.25, -0.2) is 0 Å². The van der Waals surface area contributed by atoms with Gasteiger partial charge in [-0.2, -0.15) is 0 Å². The van der Waals surface area contributed by atoms with E-state index in [0.717, 1.165) is 13.0 Å². The van der Waals surface area contributed by atoms with Crippen molar-refractivity contribution in [1.29, 1.82) is 0 Å². The van der Waals surface area contributed by atoms with Gasteiger partial charge < -0.3 is 5.11 Å². The smallest absolute Gasteiger partial charge is 0.114 e. The third kappa shape index (κ3) is 1.93. The molecule has 1 atom stereocenters. The minimum absolute atomic E-state index is 0.526. The van der Waals surface area contributed by atoms with E-state index in [0.29, 0.717) is 11.6 Å². The molecule has 1 heterocycles. The van der Waals surface area contributed by atoms with E-state index >= 15 is 0 Å². The number of hydrogen-bond donors (Lipinski definition) is 1. The minimum atomic E-state index is -0.921. The second kappa shape index (κ2) is 3.92. The Morgan fingerprint density at radius 3 is 2.83 bits per heavy atom. The number of aromatic nitrogens is 3. The monoisotopic (exact) mass is 243 g/mol. The molecule has 18 heavy (non-hydrogen) atoms. The lowest BCUT2D eigenvalue weighted by atomic mass is 9.78. The van der Waals surface area contributed by atoms with Gasteiger partial charge in [0.1, 0.15) is 11.3 Å². The lowest BCUT2D eigenvalue weighted by molar-refractivity contribution is 0.0737. The summed E-state index contributed by atoms with van der Waals surface area (Å²) in [6.07, 6.45) is 2.94. The molecular weight excluding hydrogens is 226 g/mol. The van der Waals surface area contributed by atoms with Gasteiger partial charge in [0.25, 0.3) is 0 Å². The Bertz CT molecular complexity index is 568. The molecule has 1 aromatic heterocycles. The van der Waals surface area contributed by atoms with Crippen molar-refractivity contribution in [3.63, 3.8) is 0 Å². The van der Waals surface area contributed by atoms with Gasteiger partial charge in [-0.15, -0.1) is 5.10 Å². The fourth-order valence-corrected chi connectivity index (χ4v) is 2.42. The van der Waals surface area contributed by atoms with Gasteiger partial charge in [-0.1, -0.05) is 29.5 Å². The van der Waals surface area contributed by atoms with Gasteiger partial charge in [0.05, 0.1) is 6.20 Å². The van der Waals surface area contributed by atoms with Crippen LogP contribution in [0.25, 0.3) is 0 Å². The molecular formula is C14H17N3O. The Morgan fingerprint density at radius 2 is 2.17 bits per heavy atom. The maximum atomic E-state index is 9.85. The van der Waals surface area contributed by atoms with Crippen molar-refractivity contribution in [3.8, 4) is 0 Å². The molecule has 0 fully saturated rings. The second-order valence-corrected chi connectivity index (χ2v) is 5.48. The molecule has 2 aromatic rings. The Labute approximate surface area is 106 Å². The molecule has 0 aliphatic heterocycles. The van der Waals surface area contributed by atoms with Crippen LogP contribution in [0.3, 0.4) is 0 Å². The normalized spacial score (nSPS) is 18.3. The average Bonchev–Trinajstić information content (AvgIpc) is 2.74. The first-order chi connectivity index (χ1) is 8.54. The molecule has 0 saturated carbocycles. The van der Waals surface area contributed by atoms with Crippen molar-refractivity contribution in [2.24, 2.45) is 0 Å². The predicted molar refractivity (Wildman–Crippen MR) is 68.2 cm³/mol. The largest absolute Gasteiger partial charge is 0.384 e. The fraction of sp³-hybridized carbons (Fsp3) is 0.429. The fourth-order valence-electron chi connectivity index (χ4n) is 2.42. The topological polar surface area (TPSA) is 50.9 Å². The summed E-state index contributed by atoms with van der Waals surface area (Å²) in [6.45, 7) is 4.28. The molecule has 0 spiro atoms. The van der Waals surface area contributed by atoms with E-state index in [1.165, 1.54) is 11.1 Å². The number of aliphatic hydroxyl groups is 1. The molecule has 1 aromatic carbocycles. The van der Waals surface area contributed by atoms with Gasteiger partial charge in [0.15, 0.2) is 0 Å². The highest BCUT2D eigenvalue weighted by Gasteiger charge is 2.27. The van der Waals surface area contributed by atoms with Crippen LogP contribution in [0.2, 0.25) is 0 Å². The number of hydrogen-bond acceptors (Lipinski definition) is 3. The van der Waals surface area contributed by atoms with Crippen molar-refractivity contribution in [2.75, 3.05) is 0 Å². The Hall–Kier alpha value is -1.68. The third-order valence-corrected chi connectivity index (χ3v) is 3.53. The van der Waals surface area contributed by atoms with E-state index in [4.69, 9.17) is 0 Å². The molecule has 0 saturated heterocycles. The van der Waals surface area contributed by atoms with Crippen LogP contribution >= 0.6 is 0 Å². The summed E-state index contributed by atoms with van der Waals surface area (Å²) in [5.74, 6) is 0.526. The van der Waals surface area contributed by atoms with Crippen molar-refractivity contribution in [3.05, 3.63) is 47.3 Å². The Kier molecular flexibility index (Phi) is 2.48. The first-order valence-electron chi connectivity index (χ1n) is 6.25. The van der Waals surface area contributed by atoms with Crippen LogP contribution in [0, 0.1) is 0 Å². The van der Waals surface area contributed by atoms with Gasteiger partial charge in [0.2, 0.25) is 0 Å². The van der Waals surface area contributed by atoms with Crippen molar-refractivity contribution >= 4 is 0 Å². The number of rotatable bonds is 3. The zero-order valence-electron chi connectivity index (χ0n) is 10.7. The van der Waals surface area contributed by atoms with Gasteiger partial charge in [-0.3, -0.25) is 4.68 Å². The van der Waals surface area contributed by atoms with Crippen LogP contribution < -0.4 is 0 Å². The molecule has 0 amide bonds. The molecule has 0 radical (unpaired) electrons. The van der Waals surface area contributed by atoms with Crippen LogP contribution in [-0.2, 0) is 18.6 Å². The van der Waals surface area contributed by atoms with E-state index < -0.39 is 5.60 Å². The molecule has 1 aliphatic rings. The number of nitrogens with zero attached hydrogens (tertiary/aromatic N) is 3. The third-order valence-electron chi connectivity index (χ3n) is 3.53. The van der Waals surface area contributed by atoms with Crippen LogP contribution in [0.5, 0.6) is 0 Å². The molecule has 4 nitrogen and oxygen atoms in total. The Balaban J connectivity index is 1.74. The van der Waals surface area contributed by atoms with Crippen LogP contribution in [0.4, 0.5) is 0 Å². The summed E-state index contributed by atoms with van der Waals surface area (Å²) >= 11 is 0. The molecule has 4 heteroatoms. The summed E-state index contributed by atoms with van der Waals surface area (Å²) in [5.41, 5.74) is 2.55. The van der Waals surface area contributed by atoms with E-state index in [1.54, 1.807) is 13.8 Å². The predicted octanol–water partition coefficient (Wildman–Crippen LogP) is 1.85. The lowest BCUT2D eigenvalue weighted by Crippen LogP contribution is -2.22. The summed E-state index contributed by atoms with van der Waals surface area (Å²) < 4.78 is 1.83. The molecule has 1 aliphatic carbocycles. The first kappa shape index (κ1) is 11.4. The zero-order chi connectivity index (χ0) is 12.8. The quantitative estimate of drug-likeness (QED) is 0.895. The van der Waals surface area contributed by atoms with Crippen molar-refractivity contribution in [2.45, 2.75) is 38.3 Å². The highest BCUT2D eigenvalue weighted by atomic mass is 16.3. The van der Waals surface area contributed by atoms with Gasteiger partial charge in [-0.05, 0) is 31.4 Å². The summed E-state index contributed by atoms with van der Waals surface area (Å²) in [4.78, 5) is 0. The Morgan fingerprint density at radius 1 is 1.39 bits per heavy atom. The van der Waals surface area contributed by atoms with E-state index in [-0.39, 0.29) is 0 Å². The van der Waals surface area contributed by atoms with Gasteiger partial charge >= 0.3 is 0 Å². The van der Waals surface area contributed by atoms with E-state index in [1.807, 2.05) is 10.9 Å². The van der Waals surface area contributed by atoms with Gasteiger partial charge in [0, 0.05) is 12.5 Å². The van der Waals surface area contributed by atoms with Crippen LogP contribution in [0.1, 0.15) is 36.6 Å². The summed E-state index contributed by atoms with van der Waals surface area (Å²) in [5, 5.41) is 18.0. The molecule has 1 unspecified atom stereocenters. The first-order valence-corrected chi connectivity index (χ1v) is 6.25. The zero-order valence-corrected chi connectivity index (χ0v) is 10.7. The number of benzene rings is 1. The second-order valence-electron chi connectivity index (χ2n) is 5.48. The van der Waals surface area contributed by atoms with Crippen molar-refractivity contribution < 1.29 is 5.11 Å². The lowest BCUT2D eigenvalue weighted by Gasteiger charge is -2.29. The van der Waals surface area contributed by atoms with E-state index in [2.05, 4.69) is 34.6 Å². The highest BCUT2D eigenvalue weighted by Crippen LogP contribution is 2.35. The molecule has 0 bridgehead atoms. The molecule has 94 valence electrons. The highest BCUT2D eigenvalue weighted by molar-refractivity contribution is 5.39. The van der Waals surface area contributed by atoms with E-state index in [9.17, 15) is 5.11 Å². The van der Waals surface area contributed by atoms with Crippen molar-refractivity contribution in [1.82, 2.24) is 15.0 Å². The number of fused-ring (bicyclic) bond motifs is 1. The standard InChI is InChI=1S/C14H17N3O/c1-14(2,18)13-9-17(16-15-13)8-11-7-10-5-3-4-6-12(10)11/h3-6,9,11,18H,7-8H2,1-2H3. The SMILES string of the molecule is CC(C)(O)c1cn(CC2Cc3ccccc32)nn1. The molecule has 3 rings (SSSR count). The summed E-state index contributed by atoms with van der Waals surface area (Å²) in [6, 6.07) is 8.51. The molecule has 1 N–H and O–H groups in total. The van der Waals surface area contributed by atoms with Crippen LogP contribution in [-0.4, -0.2) is 20.1 Å². The van der Waals surface area contributed by atoms with Crippen LogP contribution in [0.15, 0.2) is 30.5 Å². The average molecular weight is 243 g/mol.